The molecule has 180 valence electrons. The SMILES string of the molecule is CN=C(NCc1cc2c(cc1OC)CC(C)O2)NC1CCN(Cc2ccc(F)cc2)CC1.I. The zero-order valence-electron chi connectivity index (χ0n) is 19.6. The van der Waals surface area contributed by atoms with Gasteiger partial charge in [-0.2, -0.15) is 0 Å². The molecule has 0 bridgehead atoms. The number of fused-ring (bicyclic) bond motifs is 1. The van der Waals surface area contributed by atoms with Crippen molar-refractivity contribution in [2.75, 3.05) is 27.2 Å². The van der Waals surface area contributed by atoms with E-state index in [1.54, 1.807) is 14.2 Å². The van der Waals surface area contributed by atoms with Crippen molar-refractivity contribution in [3.63, 3.8) is 0 Å². The van der Waals surface area contributed by atoms with Crippen molar-refractivity contribution < 1.29 is 13.9 Å². The van der Waals surface area contributed by atoms with Crippen LogP contribution in [0, 0.1) is 5.82 Å². The van der Waals surface area contributed by atoms with Gasteiger partial charge < -0.3 is 20.1 Å². The third-order valence-electron chi connectivity index (χ3n) is 6.22. The lowest BCUT2D eigenvalue weighted by molar-refractivity contribution is 0.198. The summed E-state index contributed by atoms with van der Waals surface area (Å²) in [5.74, 6) is 2.43. The van der Waals surface area contributed by atoms with Crippen molar-refractivity contribution in [1.29, 1.82) is 0 Å². The zero-order chi connectivity index (χ0) is 22.5. The van der Waals surface area contributed by atoms with E-state index in [4.69, 9.17) is 9.47 Å². The lowest BCUT2D eigenvalue weighted by Gasteiger charge is -2.33. The number of methoxy groups -OCH3 is 1. The Morgan fingerprint density at radius 2 is 1.94 bits per heavy atom. The van der Waals surface area contributed by atoms with Gasteiger partial charge in [0, 0.05) is 56.8 Å². The van der Waals surface area contributed by atoms with E-state index in [1.807, 2.05) is 12.1 Å². The second kappa shape index (κ2) is 11.9. The molecule has 33 heavy (non-hydrogen) atoms. The number of benzene rings is 2. The van der Waals surface area contributed by atoms with E-state index in [0.717, 1.165) is 67.5 Å². The first-order chi connectivity index (χ1) is 15.5. The van der Waals surface area contributed by atoms with E-state index in [-0.39, 0.29) is 35.9 Å². The molecule has 1 saturated heterocycles. The molecule has 2 heterocycles. The van der Waals surface area contributed by atoms with Crippen LogP contribution < -0.4 is 20.1 Å². The van der Waals surface area contributed by atoms with Crippen LogP contribution in [0.15, 0.2) is 41.4 Å². The van der Waals surface area contributed by atoms with Crippen LogP contribution >= 0.6 is 24.0 Å². The number of hydrogen-bond donors (Lipinski definition) is 2. The summed E-state index contributed by atoms with van der Waals surface area (Å²) >= 11 is 0. The Hall–Kier alpha value is -2.07. The number of ether oxygens (including phenoxy) is 2. The van der Waals surface area contributed by atoms with Crippen molar-refractivity contribution >= 4 is 29.9 Å². The smallest absolute Gasteiger partial charge is 0.191 e. The summed E-state index contributed by atoms with van der Waals surface area (Å²) in [5, 5.41) is 6.98. The summed E-state index contributed by atoms with van der Waals surface area (Å²) in [4.78, 5) is 6.82. The number of nitrogens with one attached hydrogen (secondary N) is 2. The molecule has 1 atom stereocenters. The Balaban J connectivity index is 0.00000306. The highest BCUT2D eigenvalue weighted by molar-refractivity contribution is 14.0. The topological polar surface area (TPSA) is 58.1 Å². The molecule has 8 heteroatoms. The second-order valence-electron chi connectivity index (χ2n) is 8.65. The van der Waals surface area contributed by atoms with Crippen LogP contribution in [0.5, 0.6) is 11.5 Å². The number of nitrogens with zero attached hydrogens (tertiary/aromatic N) is 2. The van der Waals surface area contributed by atoms with Crippen LogP contribution in [0.3, 0.4) is 0 Å². The molecular formula is C25H34FIN4O2. The lowest BCUT2D eigenvalue weighted by atomic mass is 10.0. The normalized spacial score (nSPS) is 18.8. The number of piperidine rings is 1. The van der Waals surface area contributed by atoms with E-state index in [9.17, 15) is 4.39 Å². The Bertz CT molecular complexity index is 946. The zero-order valence-corrected chi connectivity index (χ0v) is 21.9. The second-order valence-corrected chi connectivity index (χ2v) is 8.65. The van der Waals surface area contributed by atoms with Gasteiger partial charge in [-0.15, -0.1) is 24.0 Å². The largest absolute Gasteiger partial charge is 0.496 e. The molecule has 2 aromatic rings. The number of likely N-dealkylation sites (tertiary alicyclic amines) is 1. The molecule has 2 aliphatic rings. The van der Waals surface area contributed by atoms with E-state index in [0.29, 0.717) is 12.6 Å². The van der Waals surface area contributed by atoms with Gasteiger partial charge in [0.15, 0.2) is 5.96 Å². The molecule has 0 spiro atoms. The van der Waals surface area contributed by atoms with E-state index in [1.165, 1.54) is 17.7 Å². The summed E-state index contributed by atoms with van der Waals surface area (Å²) in [5.41, 5.74) is 3.40. The number of rotatable bonds is 6. The van der Waals surface area contributed by atoms with Gasteiger partial charge in [-0.05, 0) is 49.6 Å². The van der Waals surface area contributed by atoms with Crippen LogP contribution in [0.1, 0.15) is 36.5 Å². The van der Waals surface area contributed by atoms with Crippen molar-refractivity contribution in [2.45, 2.75) is 51.4 Å². The number of halogens is 2. The van der Waals surface area contributed by atoms with Gasteiger partial charge in [-0.3, -0.25) is 9.89 Å². The van der Waals surface area contributed by atoms with Gasteiger partial charge in [0.1, 0.15) is 23.4 Å². The maximum Gasteiger partial charge on any atom is 0.191 e. The van der Waals surface area contributed by atoms with Crippen molar-refractivity contribution in [1.82, 2.24) is 15.5 Å². The standard InChI is InChI=1S/C25H33FN4O2.HI/c1-17-12-19-13-23(31-3)20(14-24(19)32-17)15-28-25(27-2)29-22-8-10-30(11-9-22)16-18-4-6-21(26)7-5-18;/h4-7,13-14,17,22H,8-12,15-16H2,1-3H3,(H2,27,28,29);1H. The molecule has 2 N–H and O–H groups in total. The Morgan fingerprint density at radius 3 is 2.61 bits per heavy atom. The minimum atomic E-state index is -0.185. The maximum absolute atomic E-state index is 13.1. The monoisotopic (exact) mass is 568 g/mol. The number of guanidine groups is 1. The lowest BCUT2D eigenvalue weighted by Crippen LogP contribution is -2.48. The summed E-state index contributed by atoms with van der Waals surface area (Å²) in [6.07, 6.45) is 3.20. The molecule has 4 rings (SSSR count). The number of aliphatic imine (C=N–C) groups is 1. The molecule has 2 aliphatic heterocycles. The fourth-order valence-corrected chi connectivity index (χ4v) is 4.46. The molecule has 0 amide bonds. The van der Waals surface area contributed by atoms with Gasteiger partial charge in [0.05, 0.1) is 7.11 Å². The Labute approximate surface area is 213 Å². The summed E-state index contributed by atoms with van der Waals surface area (Å²) in [6.45, 7) is 5.55. The van der Waals surface area contributed by atoms with Gasteiger partial charge >= 0.3 is 0 Å². The molecular weight excluding hydrogens is 534 g/mol. The van der Waals surface area contributed by atoms with Gasteiger partial charge in [0.25, 0.3) is 0 Å². The first-order valence-electron chi connectivity index (χ1n) is 11.3. The average molecular weight is 568 g/mol. The Kier molecular flexibility index (Phi) is 9.19. The summed E-state index contributed by atoms with van der Waals surface area (Å²) in [7, 11) is 3.50. The average Bonchev–Trinajstić information content (AvgIpc) is 3.17. The van der Waals surface area contributed by atoms with E-state index < -0.39 is 0 Å². The van der Waals surface area contributed by atoms with Crippen molar-refractivity contribution in [2.24, 2.45) is 4.99 Å². The Morgan fingerprint density at radius 1 is 1.21 bits per heavy atom. The van der Waals surface area contributed by atoms with Crippen LogP contribution in [-0.2, 0) is 19.5 Å². The van der Waals surface area contributed by atoms with Crippen LogP contribution in [0.4, 0.5) is 4.39 Å². The van der Waals surface area contributed by atoms with Crippen LogP contribution in [0.25, 0.3) is 0 Å². The fourth-order valence-electron chi connectivity index (χ4n) is 4.46. The minimum absolute atomic E-state index is 0. The predicted molar refractivity (Wildman–Crippen MR) is 140 cm³/mol. The van der Waals surface area contributed by atoms with Crippen molar-refractivity contribution in [3.8, 4) is 11.5 Å². The van der Waals surface area contributed by atoms with E-state index in [2.05, 4.69) is 39.6 Å². The quantitative estimate of drug-likeness (QED) is 0.312. The van der Waals surface area contributed by atoms with E-state index >= 15 is 0 Å². The molecule has 0 aliphatic carbocycles. The predicted octanol–water partition coefficient (Wildman–Crippen LogP) is 4.11. The van der Waals surface area contributed by atoms with Crippen LogP contribution in [0.2, 0.25) is 0 Å². The number of hydrogen-bond acceptors (Lipinski definition) is 4. The maximum atomic E-state index is 13.1. The molecule has 0 saturated carbocycles. The van der Waals surface area contributed by atoms with Gasteiger partial charge in [-0.25, -0.2) is 4.39 Å². The molecule has 0 radical (unpaired) electrons. The summed E-state index contributed by atoms with van der Waals surface area (Å²) < 4.78 is 24.6. The highest BCUT2D eigenvalue weighted by Gasteiger charge is 2.23. The van der Waals surface area contributed by atoms with Crippen molar-refractivity contribution in [3.05, 3.63) is 58.9 Å². The minimum Gasteiger partial charge on any atom is -0.496 e. The third kappa shape index (κ3) is 6.72. The molecule has 6 nitrogen and oxygen atoms in total. The third-order valence-corrected chi connectivity index (χ3v) is 6.22. The van der Waals surface area contributed by atoms with Gasteiger partial charge in [0.2, 0.25) is 0 Å². The molecule has 2 aromatic carbocycles. The molecule has 1 fully saturated rings. The van der Waals surface area contributed by atoms with Gasteiger partial charge in [-0.1, -0.05) is 12.1 Å². The molecule has 1 unspecified atom stereocenters. The van der Waals surface area contributed by atoms with Crippen LogP contribution in [-0.4, -0.2) is 50.3 Å². The first kappa shape index (κ1) is 25.6. The highest BCUT2D eigenvalue weighted by atomic mass is 127. The fraction of sp³-hybridized carbons (Fsp3) is 0.480. The summed E-state index contributed by atoms with van der Waals surface area (Å²) in [6, 6.07) is 11.3. The molecule has 0 aromatic heterocycles. The first-order valence-corrected chi connectivity index (χ1v) is 11.3. The highest BCUT2D eigenvalue weighted by Crippen LogP contribution is 2.34.